The van der Waals surface area contributed by atoms with Gasteiger partial charge >= 0.3 is 0 Å². The van der Waals surface area contributed by atoms with Gasteiger partial charge in [0.15, 0.2) is 0 Å². The molecule has 1 heteroatoms. The quantitative estimate of drug-likeness (QED) is 0.643. The summed E-state index contributed by atoms with van der Waals surface area (Å²) in [6.07, 6.45) is 9.50. The molecular weight excluding hydrogens is 223 g/mol. The Labute approximate surface area is 70.9 Å². The normalized spacial score (nSPS) is 21.9. The highest BCUT2D eigenvalue weighted by Gasteiger charge is 2.12. The first-order valence-corrected chi connectivity index (χ1v) is 4.93. The van der Waals surface area contributed by atoms with Crippen LogP contribution < -0.4 is 0 Å². The number of halogens is 1. The van der Waals surface area contributed by atoms with Gasteiger partial charge in [-0.1, -0.05) is 54.4 Å². The van der Waals surface area contributed by atoms with Crippen LogP contribution in [0.1, 0.15) is 32.1 Å². The molecule has 0 N–H and O–H groups in total. The lowest BCUT2D eigenvalue weighted by atomic mass is 10.1. The number of allylic oxidation sites excluding steroid dienone is 1. The third-order valence-corrected chi connectivity index (χ3v) is 2.54. The fourth-order valence-electron chi connectivity index (χ4n) is 1.49. The molecule has 0 aliphatic heterocycles. The average Bonchev–Trinajstić information content (AvgIpc) is 2.34. The van der Waals surface area contributed by atoms with Crippen molar-refractivity contribution in [1.82, 2.24) is 0 Å². The van der Waals surface area contributed by atoms with Crippen LogP contribution in [0.3, 0.4) is 0 Å². The Morgan fingerprint density at radius 2 is 2.00 bits per heavy atom. The van der Waals surface area contributed by atoms with Gasteiger partial charge in [0.25, 0.3) is 0 Å². The largest absolute Gasteiger partial charge is 0.0782 e. The van der Waals surface area contributed by atoms with Gasteiger partial charge in [-0.25, -0.2) is 0 Å². The van der Waals surface area contributed by atoms with Crippen LogP contribution in [0.4, 0.5) is 0 Å². The predicted octanol–water partition coefficient (Wildman–Crippen LogP) is 3.52. The first-order valence-electron chi connectivity index (χ1n) is 3.68. The summed E-state index contributed by atoms with van der Waals surface area (Å²) in [5.74, 6) is 1.02. The first kappa shape index (κ1) is 7.58. The number of hydrogen-bond acceptors (Lipinski definition) is 0. The van der Waals surface area contributed by atoms with Gasteiger partial charge in [-0.15, -0.1) is 0 Å². The summed E-state index contributed by atoms with van der Waals surface area (Å²) in [4.78, 5) is 0. The van der Waals surface area contributed by atoms with E-state index in [0.29, 0.717) is 0 Å². The smallest absolute Gasteiger partial charge is 0.0274 e. The third kappa shape index (κ3) is 2.70. The minimum Gasteiger partial charge on any atom is -0.0782 e. The SMILES string of the molecule is I/C=C/CC1CCCC1. The molecule has 1 rings (SSSR count). The second kappa shape index (κ2) is 4.31. The standard InChI is InChI=1S/C8H13I/c9-7-3-6-8-4-1-2-5-8/h3,7-8H,1-2,4-6H2/b7-3+. The highest BCUT2D eigenvalue weighted by Crippen LogP contribution is 2.27. The fourth-order valence-corrected chi connectivity index (χ4v) is 1.78. The van der Waals surface area contributed by atoms with Gasteiger partial charge in [0.1, 0.15) is 0 Å². The molecule has 1 aliphatic carbocycles. The molecule has 1 fully saturated rings. The molecule has 52 valence electrons. The predicted molar refractivity (Wildman–Crippen MR) is 49.7 cm³/mol. The Balaban J connectivity index is 2.11. The monoisotopic (exact) mass is 236 g/mol. The van der Waals surface area contributed by atoms with Crippen molar-refractivity contribution in [2.45, 2.75) is 32.1 Å². The molecule has 0 nitrogen and oxygen atoms in total. The van der Waals surface area contributed by atoms with Crippen molar-refractivity contribution < 1.29 is 0 Å². The molecule has 0 spiro atoms. The Morgan fingerprint density at radius 1 is 1.33 bits per heavy atom. The van der Waals surface area contributed by atoms with Crippen molar-refractivity contribution in [2.75, 3.05) is 0 Å². The zero-order chi connectivity index (χ0) is 6.53. The van der Waals surface area contributed by atoms with Gasteiger partial charge in [0.2, 0.25) is 0 Å². The molecule has 0 aromatic heterocycles. The van der Waals surface area contributed by atoms with Crippen molar-refractivity contribution in [3.05, 3.63) is 10.2 Å². The lowest BCUT2D eigenvalue weighted by Crippen LogP contribution is -1.88. The molecular formula is C8H13I. The summed E-state index contributed by atoms with van der Waals surface area (Å²) in [5.41, 5.74) is 0. The molecule has 9 heavy (non-hydrogen) atoms. The van der Waals surface area contributed by atoms with Gasteiger partial charge in [0, 0.05) is 0 Å². The minimum atomic E-state index is 1.02. The lowest BCUT2D eigenvalue weighted by molar-refractivity contribution is 0.558. The second-order valence-electron chi connectivity index (χ2n) is 2.75. The maximum atomic E-state index is 2.29. The minimum absolute atomic E-state index is 1.02. The second-order valence-corrected chi connectivity index (χ2v) is 3.47. The average molecular weight is 236 g/mol. The maximum Gasteiger partial charge on any atom is -0.0274 e. The van der Waals surface area contributed by atoms with Gasteiger partial charge in [-0.05, 0) is 16.4 Å². The van der Waals surface area contributed by atoms with E-state index in [2.05, 4.69) is 32.7 Å². The topological polar surface area (TPSA) is 0 Å². The highest BCUT2D eigenvalue weighted by atomic mass is 127. The van der Waals surface area contributed by atoms with Crippen LogP contribution in [-0.4, -0.2) is 0 Å². The Bertz CT molecular complexity index is 90.7. The molecule has 0 aromatic rings. The van der Waals surface area contributed by atoms with Crippen molar-refractivity contribution in [3.8, 4) is 0 Å². The summed E-state index contributed by atoms with van der Waals surface area (Å²) in [5, 5.41) is 0. The fraction of sp³-hybridized carbons (Fsp3) is 0.750. The molecule has 0 saturated heterocycles. The Morgan fingerprint density at radius 3 is 2.56 bits per heavy atom. The van der Waals surface area contributed by atoms with Crippen LogP contribution in [0.2, 0.25) is 0 Å². The van der Waals surface area contributed by atoms with Crippen molar-refractivity contribution in [3.63, 3.8) is 0 Å². The van der Waals surface area contributed by atoms with E-state index in [1.807, 2.05) is 0 Å². The first-order chi connectivity index (χ1) is 4.43. The van der Waals surface area contributed by atoms with E-state index in [9.17, 15) is 0 Å². The van der Waals surface area contributed by atoms with E-state index in [4.69, 9.17) is 0 Å². The molecule has 0 unspecified atom stereocenters. The van der Waals surface area contributed by atoms with Crippen molar-refractivity contribution in [1.29, 1.82) is 0 Å². The highest BCUT2D eigenvalue weighted by molar-refractivity contribution is 14.1. The third-order valence-electron chi connectivity index (χ3n) is 2.03. The van der Waals surface area contributed by atoms with Crippen LogP contribution in [0, 0.1) is 5.92 Å². The van der Waals surface area contributed by atoms with Crippen LogP contribution >= 0.6 is 22.6 Å². The van der Waals surface area contributed by atoms with E-state index < -0.39 is 0 Å². The summed E-state index contributed by atoms with van der Waals surface area (Å²) in [6, 6.07) is 0. The lowest BCUT2D eigenvalue weighted by Gasteiger charge is -2.01. The Kier molecular flexibility index (Phi) is 3.63. The molecule has 0 bridgehead atoms. The number of hydrogen-bond donors (Lipinski definition) is 0. The van der Waals surface area contributed by atoms with Gasteiger partial charge < -0.3 is 0 Å². The van der Waals surface area contributed by atoms with E-state index in [0.717, 1.165) is 5.92 Å². The maximum absolute atomic E-state index is 2.29. The zero-order valence-corrected chi connectivity index (χ0v) is 7.80. The summed E-state index contributed by atoms with van der Waals surface area (Å²) in [7, 11) is 0. The van der Waals surface area contributed by atoms with E-state index >= 15 is 0 Å². The van der Waals surface area contributed by atoms with Crippen LogP contribution in [0.25, 0.3) is 0 Å². The van der Waals surface area contributed by atoms with Crippen molar-refractivity contribution in [2.24, 2.45) is 5.92 Å². The summed E-state index contributed by atoms with van der Waals surface area (Å²) < 4.78 is 2.13. The zero-order valence-electron chi connectivity index (χ0n) is 5.65. The van der Waals surface area contributed by atoms with Crippen LogP contribution in [0.5, 0.6) is 0 Å². The summed E-state index contributed by atoms with van der Waals surface area (Å²) >= 11 is 2.29. The van der Waals surface area contributed by atoms with Gasteiger partial charge in [0.05, 0.1) is 0 Å². The molecule has 0 amide bonds. The molecule has 0 heterocycles. The molecule has 0 radical (unpaired) electrons. The Hall–Kier alpha value is 0.470. The van der Waals surface area contributed by atoms with Gasteiger partial charge in [-0.3, -0.25) is 0 Å². The van der Waals surface area contributed by atoms with E-state index in [1.54, 1.807) is 0 Å². The van der Waals surface area contributed by atoms with E-state index in [-0.39, 0.29) is 0 Å². The molecule has 1 saturated carbocycles. The number of rotatable bonds is 2. The van der Waals surface area contributed by atoms with Gasteiger partial charge in [-0.2, -0.15) is 0 Å². The van der Waals surface area contributed by atoms with Crippen LogP contribution in [0.15, 0.2) is 10.2 Å². The van der Waals surface area contributed by atoms with Crippen molar-refractivity contribution >= 4 is 22.6 Å². The molecule has 0 aromatic carbocycles. The summed E-state index contributed by atoms with van der Waals surface area (Å²) in [6.45, 7) is 0. The van der Waals surface area contributed by atoms with E-state index in [1.165, 1.54) is 32.1 Å². The molecule has 0 atom stereocenters. The van der Waals surface area contributed by atoms with Crippen LogP contribution in [-0.2, 0) is 0 Å². The molecule has 1 aliphatic rings.